The van der Waals surface area contributed by atoms with E-state index in [1.54, 1.807) is 6.07 Å². The Hall–Kier alpha value is -2.08. The number of anilines is 1. The summed E-state index contributed by atoms with van der Waals surface area (Å²) in [4.78, 5) is 25.7. The van der Waals surface area contributed by atoms with Gasteiger partial charge in [-0.2, -0.15) is 0 Å². The number of fused-ring (bicyclic) bond motifs is 1. The first kappa shape index (κ1) is 16.8. The van der Waals surface area contributed by atoms with Gasteiger partial charge < -0.3 is 15.4 Å². The summed E-state index contributed by atoms with van der Waals surface area (Å²) in [6.07, 6.45) is 3.55. The summed E-state index contributed by atoms with van der Waals surface area (Å²) in [5.41, 5.74) is 1.89. The Balaban J connectivity index is 1.45. The molecule has 1 atom stereocenters. The van der Waals surface area contributed by atoms with Gasteiger partial charge in [-0.05, 0) is 56.1 Å². The fraction of sp³-hybridized carbons (Fsp3) is 0.556. The lowest BCUT2D eigenvalue weighted by atomic mass is 10.0. The predicted molar refractivity (Wildman–Crippen MR) is 92.2 cm³/mol. The third-order valence-corrected chi connectivity index (χ3v) is 4.78. The van der Waals surface area contributed by atoms with Gasteiger partial charge in [-0.3, -0.25) is 14.5 Å². The van der Waals surface area contributed by atoms with Gasteiger partial charge in [-0.15, -0.1) is 0 Å². The van der Waals surface area contributed by atoms with Crippen molar-refractivity contribution in [1.29, 1.82) is 0 Å². The smallest absolute Gasteiger partial charge is 0.257 e. The first-order valence-electron chi connectivity index (χ1n) is 8.72. The number of nitrogens with zero attached hydrogens (tertiary/aromatic N) is 1. The molecule has 6 heteroatoms. The summed E-state index contributed by atoms with van der Waals surface area (Å²) in [6, 6.07) is 5.97. The Kier molecular flexibility index (Phi) is 5.35. The second-order valence-electron chi connectivity index (χ2n) is 6.38. The van der Waals surface area contributed by atoms with Crippen molar-refractivity contribution in [2.75, 3.05) is 31.6 Å². The van der Waals surface area contributed by atoms with Crippen molar-refractivity contribution >= 4 is 17.5 Å². The number of carbonyl (C=O) groups is 2. The molecule has 0 radical (unpaired) electrons. The molecule has 24 heavy (non-hydrogen) atoms. The molecule has 1 aromatic carbocycles. The SMILES string of the molecule is CCN1CCCC1CNC(=O)COc1ccc2c(c1)CCC(=O)N2. The van der Waals surface area contributed by atoms with E-state index in [9.17, 15) is 9.59 Å². The predicted octanol–water partition coefficient (Wildman–Crippen LogP) is 1.55. The van der Waals surface area contributed by atoms with Gasteiger partial charge in [0.15, 0.2) is 6.61 Å². The van der Waals surface area contributed by atoms with Crippen LogP contribution in [0.3, 0.4) is 0 Å². The molecule has 1 aromatic rings. The number of nitrogens with one attached hydrogen (secondary N) is 2. The average molecular weight is 331 g/mol. The number of ether oxygens (including phenoxy) is 1. The molecule has 2 aliphatic heterocycles. The van der Waals surface area contributed by atoms with E-state index < -0.39 is 0 Å². The van der Waals surface area contributed by atoms with E-state index in [1.165, 1.54) is 6.42 Å². The van der Waals surface area contributed by atoms with Crippen LogP contribution in [0.5, 0.6) is 5.75 Å². The molecule has 2 heterocycles. The first-order valence-corrected chi connectivity index (χ1v) is 8.72. The minimum Gasteiger partial charge on any atom is -0.484 e. The molecule has 130 valence electrons. The topological polar surface area (TPSA) is 70.7 Å². The van der Waals surface area contributed by atoms with Crippen molar-refractivity contribution in [3.8, 4) is 5.75 Å². The maximum atomic E-state index is 12.0. The number of amides is 2. The molecule has 2 N–H and O–H groups in total. The van der Waals surface area contributed by atoms with Gasteiger partial charge in [0.2, 0.25) is 5.91 Å². The average Bonchev–Trinajstić information content (AvgIpc) is 3.05. The molecule has 2 aliphatic rings. The lowest BCUT2D eigenvalue weighted by molar-refractivity contribution is -0.123. The Morgan fingerprint density at radius 1 is 1.42 bits per heavy atom. The second kappa shape index (κ2) is 7.66. The zero-order chi connectivity index (χ0) is 16.9. The van der Waals surface area contributed by atoms with Crippen LogP contribution in [0, 0.1) is 0 Å². The summed E-state index contributed by atoms with van der Waals surface area (Å²) in [7, 11) is 0. The summed E-state index contributed by atoms with van der Waals surface area (Å²) in [5.74, 6) is 0.614. The molecule has 1 fully saturated rings. The number of rotatable bonds is 6. The molecule has 0 spiro atoms. The Bertz CT molecular complexity index is 618. The molecular formula is C18H25N3O3. The van der Waals surface area contributed by atoms with Gasteiger partial charge >= 0.3 is 0 Å². The number of benzene rings is 1. The Morgan fingerprint density at radius 3 is 3.12 bits per heavy atom. The third-order valence-electron chi connectivity index (χ3n) is 4.78. The molecule has 0 saturated carbocycles. The van der Waals surface area contributed by atoms with Crippen molar-refractivity contribution in [3.05, 3.63) is 23.8 Å². The minimum absolute atomic E-state index is 0.0178. The van der Waals surface area contributed by atoms with E-state index in [4.69, 9.17) is 4.74 Å². The van der Waals surface area contributed by atoms with Crippen LogP contribution >= 0.6 is 0 Å². The van der Waals surface area contributed by atoms with Crippen molar-refractivity contribution in [2.24, 2.45) is 0 Å². The molecule has 3 rings (SSSR count). The van der Waals surface area contributed by atoms with E-state index in [2.05, 4.69) is 22.5 Å². The monoisotopic (exact) mass is 331 g/mol. The van der Waals surface area contributed by atoms with Crippen molar-refractivity contribution < 1.29 is 14.3 Å². The zero-order valence-electron chi connectivity index (χ0n) is 14.1. The lowest BCUT2D eigenvalue weighted by Crippen LogP contribution is -2.41. The largest absolute Gasteiger partial charge is 0.484 e. The fourth-order valence-electron chi connectivity index (χ4n) is 3.42. The number of hydrogen-bond acceptors (Lipinski definition) is 4. The standard InChI is InChI=1S/C18H25N3O3/c1-2-21-9-3-4-14(21)11-19-18(23)12-24-15-6-7-16-13(10-15)5-8-17(22)20-16/h6-7,10,14H,2-5,8-9,11-12H2,1H3,(H,19,23)(H,20,22). The van der Waals surface area contributed by atoms with Crippen molar-refractivity contribution in [2.45, 2.75) is 38.6 Å². The number of hydrogen-bond donors (Lipinski definition) is 2. The van der Waals surface area contributed by atoms with Gasteiger partial charge in [0.25, 0.3) is 5.91 Å². The van der Waals surface area contributed by atoms with Crippen LogP contribution in [-0.2, 0) is 16.0 Å². The molecular weight excluding hydrogens is 306 g/mol. The highest BCUT2D eigenvalue weighted by molar-refractivity contribution is 5.94. The normalized spacial score (nSPS) is 20.4. The summed E-state index contributed by atoms with van der Waals surface area (Å²) < 4.78 is 5.59. The van der Waals surface area contributed by atoms with Crippen molar-refractivity contribution in [3.63, 3.8) is 0 Å². The molecule has 1 saturated heterocycles. The number of likely N-dealkylation sites (N-methyl/N-ethyl adjacent to an activating group) is 1. The van der Waals surface area contributed by atoms with Crippen molar-refractivity contribution in [1.82, 2.24) is 10.2 Å². The van der Waals surface area contributed by atoms with Gasteiger partial charge in [-0.25, -0.2) is 0 Å². The van der Waals surface area contributed by atoms with Crippen LogP contribution in [0.2, 0.25) is 0 Å². The highest BCUT2D eigenvalue weighted by Crippen LogP contribution is 2.26. The van der Waals surface area contributed by atoms with Crippen LogP contribution in [-0.4, -0.2) is 49.0 Å². The molecule has 0 aromatic heterocycles. The molecule has 2 amide bonds. The zero-order valence-corrected chi connectivity index (χ0v) is 14.1. The van der Waals surface area contributed by atoms with Gasteiger partial charge in [0.1, 0.15) is 5.75 Å². The Labute approximate surface area is 142 Å². The van der Waals surface area contributed by atoms with E-state index in [0.717, 1.165) is 30.8 Å². The van der Waals surface area contributed by atoms with Gasteiger partial charge in [0.05, 0.1) is 0 Å². The van der Waals surface area contributed by atoms with E-state index in [1.807, 2.05) is 12.1 Å². The second-order valence-corrected chi connectivity index (χ2v) is 6.38. The van der Waals surface area contributed by atoms with Crippen LogP contribution in [0.15, 0.2) is 18.2 Å². The third kappa shape index (κ3) is 4.06. The maximum Gasteiger partial charge on any atom is 0.257 e. The van der Waals surface area contributed by atoms with E-state index in [0.29, 0.717) is 31.2 Å². The molecule has 6 nitrogen and oxygen atoms in total. The van der Waals surface area contributed by atoms with Crippen LogP contribution in [0.1, 0.15) is 31.7 Å². The number of likely N-dealkylation sites (tertiary alicyclic amines) is 1. The van der Waals surface area contributed by atoms with E-state index in [-0.39, 0.29) is 18.4 Å². The molecule has 1 unspecified atom stereocenters. The number of aryl methyl sites for hydroxylation is 1. The Morgan fingerprint density at radius 2 is 2.29 bits per heavy atom. The van der Waals surface area contributed by atoms with Crippen LogP contribution < -0.4 is 15.4 Å². The summed E-state index contributed by atoms with van der Waals surface area (Å²) >= 11 is 0. The van der Waals surface area contributed by atoms with Crippen LogP contribution in [0.4, 0.5) is 5.69 Å². The van der Waals surface area contributed by atoms with E-state index >= 15 is 0 Å². The van der Waals surface area contributed by atoms with Gasteiger partial charge in [0, 0.05) is 24.7 Å². The molecule has 0 bridgehead atoms. The number of carbonyl (C=O) groups excluding carboxylic acids is 2. The highest BCUT2D eigenvalue weighted by atomic mass is 16.5. The maximum absolute atomic E-state index is 12.0. The highest BCUT2D eigenvalue weighted by Gasteiger charge is 2.23. The minimum atomic E-state index is -0.0935. The summed E-state index contributed by atoms with van der Waals surface area (Å²) in [6.45, 7) is 5.01. The van der Waals surface area contributed by atoms with Crippen LogP contribution in [0.25, 0.3) is 0 Å². The lowest BCUT2D eigenvalue weighted by Gasteiger charge is -2.23. The fourth-order valence-corrected chi connectivity index (χ4v) is 3.42. The molecule has 0 aliphatic carbocycles. The first-order chi connectivity index (χ1) is 11.7. The quantitative estimate of drug-likeness (QED) is 0.830. The van der Waals surface area contributed by atoms with Gasteiger partial charge in [-0.1, -0.05) is 6.92 Å². The summed E-state index contributed by atoms with van der Waals surface area (Å²) in [5, 5.41) is 5.80.